The molecule has 1 aliphatic carbocycles. The Kier molecular flexibility index (Phi) is 14.8. The second-order valence-corrected chi connectivity index (χ2v) is 17.7. The predicted octanol–water partition coefficient (Wildman–Crippen LogP) is 9.82. The van der Waals surface area contributed by atoms with E-state index in [0.717, 1.165) is 70.8 Å². The van der Waals surface area contributed by atoms with Crippen molar-refractivity contribution in [1.82, 2.24) is 10.6 Å². The van der Waals surface area contributed by atoms with E-state index in [1.807, 2.05) is 48.5 Å². The summed E-state index contributed by atoms with van der Waals surface area (Å²) in [4.78, 5) is 55.5. The van der Waals surface area contributed by atoms with Crippen LogP contribution in [0.15, 0.2) is 97.1 Å². The summed E-state index contributed by atoms with van der Waals surface area (Å²) < 4.78 is 128. The van der Waals surface area contributed by atoms with Crippen molar-refractivity contribution in [2.75, 3.05) is 13.2 Å². The van der Waals surface area contributed by atoms with Gasteiger partial charge in [0.1, 0.15) is 29.9 Å². The molecular weight excluding hydrogens is 890 g/mol. The van der Waals surface area contributed by atoms with Gasteiger partial charge in [0.25, 0.3) is 0 Å². The number of benzene rings is 5. The fourth-order valence-corrected chi connectivity index (χ4v) is 7.59. The lowest BCUT2D eigenvalue weighted by molar-refractivity contribution is -0.162. The van der Waals surface area contributed by atoms with E-state index < -0.39 is 136 Å². The van der Waals surface area contributed by atoms with E-state index in [0.29, 0.717) is 0 Å². The van der Waals surface area contributed by atoms with Crippen molar-refractivity contribution in [2.45, 2.75) is 89.2 Å². The molecule has 0 saturated heterocycles. The molecule has 5 aromatic rings. The van der Waals surface area contributed by atoms with Crippen LogP contribution in [0, 0.1) is 40.7 Å². The van der Waals surface area contributed by atoms with Gasteiger partial charge < -0.3 is 29.6 Å². The van der Waals surface area contributed by atoms with Gasteiger partial charge in [0.15, 0.2) is 34.9 Å². The zero-order chi connectivity index (χ0) is 49.0. The van der Waals surface area contributed by atoms with Crippen LogP contribution < -0.4 is 10.6 Å². The second-order valence-electron chi connectivity index (χ2n) is 17.7. The molecule has 2 atom stereocenters. The molecule has 0 bridgehead atoms. The highest BCUT2D eigenvalue weighted by Gasteiger charge is 2.48. The van der Waals surface area contributed by atoms with Crippen LogP contribution in [0.3, 0.4) is 0 Å². The molecule has 10 nitrogen and oxygen atoms in total. The van der Waals surface area contributed by atoms with Crippen LogP contribution in [0.2, 0.25) is 0 Å². The Morgan fingerprint density at radius 2 is 1.06 bits per heavy atom. The minimum absolute atomic E-state index is 0.212. The number of ether oxygens (including phenoxy) is 4. The van der Waals surface area contributed by atoms with E-state index in [1.54, 1.807) is 41.5 Å². The molecule has 0 fully saturated rings. The lowest BCUT2D eigenvalue weighted by Crippen LogP contribution is -2.54. The molecule has 354 valence electrons. The molecule has 5 aromatic carbocycles. The molecule has 0 spiro atoms. The number of hydrogen-bond donors (Lipinski definition) is 2. The summed E-state index contributed by atoms with van der Waals surface area (Å²) in [6.45, 7) is 9.22. The summed E-state index contributed by atoms with van der Waals surface area (Å²) in [6.07, 6.45) is -2.81. The highest BCUT2D eigenvalue weighted by Crippen LogP contribution is 2.46. The van der Waals surface area contributed by atoms with Gasteiger partial charge in [-0.25, -0.2) is 40.3 Å². The first-order valence-corrected chi connectivity index (χ1v) is 21.0. The Labute approximate surface area is 381 Å². The summed E-state index contributed by atoms with van der Waals surface area (Å²) in [7, 11) is 0. The smallest absolute Gasteiger partial charge is 0.407 e. The summed E-state index contributed by atoms with van der Waals surface area (Å²) >= 11 is 0. The van der Waals surface area contributed by atoms with E-state index in [-0.39, 0.29) is 6.61 Å². The van der Waals surface area contributed by atoms with Gasteiger partial charge in [0, 0.05) is 23.5 Å². The van der Waals surface area contributed by atoms with Crippen molar-refractivity contribution < 1.29 is 68.9 Å². The molecule has 1 aliphatic rings. The van der Waals surface area contributed by atoms with Crippen LogP contribution in [0.25, 0.3) is 11.1 Å². The van der Waals surface area contributed by atoms with Crippen molar-refractivity contribution in [3.63, 3.8) is 0 Å². The predicted molar refractivity (Wildman–Crippen MR) is 230 cm³/mol. The molecule has 2 N–H and O–H groups in total. The fourth-order valence-electron chi connectivity index (χ4n) is 7.59. The summed E-state index contributed by atoms with van der Waals surface area (Å²) in [5, 5.41) is 4.88. The zero-order valence-corrected chi connectivity index (χ0v) is 37.2. The number of hydrogen-bond acceptors (Lipinski definition) is 8. The fraction of sp³-hybridized carbons (Fsp3) is 0.320. The third-order valence-electron chi connectivity index (χ3n) is 10.6. The molecule has 67 heavy (non-hydrogen) atoms. The minimum atomic E-state index is -3.13. The number of carbonyl (C=O) groups excluding carboxylic acids is 4. The third-order valence-corrected chi connectivity index (χ3v) is 10.6. The van der Waals surface area contributed by atoms with E-state index in [1.165, 1.54) is 0 Å². The Balaban J connectivity index is 1.35. The van der Waals surface area contributed by atoms with Crippen molar-refractivity contribution in [3.8, 4) is 11.1 Å². The monoisotopic (exact) mass is 936 g/mol. The molecular formula is C50H47F7N2O8. The van der Waals surface area contributed by atoms with Crippen molar-refractivity contribution in [3.05, 3.63) is 166 Å². The van der Waals surface area contributed by atoms with E-state index in [4.69, 9.17) is 18.9 Å². The number of nitrogens with one attached hydrogen (secondary N) is 2. The van der Waals surface area contributed by atoms with Gasteiger partial charge >= 0.3 is 18.0 Å². The number of alkyl carbamates (subject to hydrolysis) is 1. The number of esters is 2. The van der Waals surface area contributed by atoms with Gasteiger partial charge in [-0.15, -0.1) is 0 Å². The van der Waals surface area contributed by atoms with Crippen LogP contribution in [0.5, 0.6) is 0 Å². The first kappa shape index (κ1) is 49.7. The van der Waals surface area contributed by atoms with E-state index >= 15 is 17.6 Å². The molecule has 0 aromatic heterocycles. The summed E-state index contributed by atoms with van der Waals surface area (Å²) in [5.74, 6) is -17.9. The van der Waals surface area contributed by atoms with Crippen LogP contribution in [-0.4, -0.2) is 60.4 Å². The highest BCUT2D eigenvalue weighted by atomic mass is 19.2. The van der Waals surface area contributed by atoms with Crippen LogP contribution in [-0.2, 0) is 38.9 Å². The van der Waals surface area contributed by atoms with Crippen LogP contribution in [0.4, 0.5) is 35.5 Å². The molecule has 0 unspecified atom stereocenters. The maximum Gasteiger partial charge on any atom is 0.407 e. The SMILES string of the molecule is CC(C)(C)OC[C@H](NC(=O)[C@H](CCC(=O)OC(c1ccc(F)cc1)(c1ccc(F)cc1)c1c(F)c(F)c(F)c(F)c1F)NC(=O)OCC1c2ccccc2-c2ccccc21)C(=O)OC(C)(C)C. The Bertz CT molecular complexity index is 2530. The van der Waals surface area contributed by atoms with Crippen molar-refractivity contribution >= 4 is 23.9 Å². The Morgan fingerprint density at radius 3 is 1.54 bits per heavy atom. The Hall–Kier alpha value is -6.75. The van der Waals surface area contributed by atoms with Gasteiger partial charge in [-0.3, -0.25) is 9.59 Å². The largest absolute Gasteiger partial charge is 0.458 e. The van der Waals surface area contributed by atoms with Gasteiger partial charge in [0.05, 0.1) is 17.8 Å². The standard InChI is InChI=1S/C50H47F7N2O8/c1-48(2,3)65-26-37(46(62)67-49(4,5)6)58-45(61)36(59-47(63)64-25-35-33-13-9-7-11-31(33)32-12-8-10-14-34(32)35)23-24-38(60)66-50(27-15-19-29(51)20-16-27,28-17-21-30(52)22-18-28)39-40(53)42(55)44(57)43(56)41(39)54/h7-22,35-37H,23-26H2,1-6H3,(H,58,61)(H,59,63)/t36-,37-/m0/s1. The highest BCUT2D eigenvalue weighted by molar-refractivity contribution is 5.90. The maximum atomic E-state index is 16.0. The third kappa shape index (κ3) is 11.3. The number of amides is 2. The number of carbonyl (C=O) groups is 4. The normalized spacial score (nSPS) is 13.5. The maximum absolute atomic E-state index is 16.0. The van der Waals surface area contributed by atoms with Gasteiger partial charge in [-0.1, -0.05) is 72.8 Å². The molecule has 6 rings (SSSR count). The second kappa shape index (κ2) is 20.0. The molecule has 0 heterocycles. The summed E-state index contributed by atoms with van der Waals surface area (Å²) in [6, 6.07) is 18.2. The van der Waals surface area contributed by atoms with Gasteiger partial charge in [-0.05, 0) is 94.5 Å². The van der Waals surface area contributed by atoms with Crippen LogP contribution in [0.1, 0.15) is 88.1 Å². The topological polar surface area (TPSA) is 129 Å². The molecule has 2 amide bonds. The number of fused-ring (bicyclic) bond motifs is 3. The Morgan fingerprint density at radius 1 is 0.582 bits per heavy atom. The van der Waals surface area contributed by atoms with Crippen molar-refractivity contribution in [1.29, 1.82) is 0 Å². The first-order chi connectivity index (χ1) is 31.5. The molecule has 0 radical (unpaired) electrons. The van der Waals surface area contributed by atoms with Gasteiger partial charge in [0.2, 0.25) is 11.7 Å². The molecule has 0 aliphatic heterocycles. The van der Waals surface area contributed by atoms with E-state index in [2.05, 4.69) is 10.6 Å². The van der Waals surface area contributed by atoms with Crippen LogP contribution >= 0.6 is 0 Å². The summed E-state index contributed by atoms with van der Waals surface area (Å²) in [5.41, 5.74) is -4.17. The first-order valence-electron chi connectivity index (χ1n) is 21.0. The average Bonchev–Trinajstić information content (AvgIpc) is 3.59. The van der Waals surface area contributed by atoms with Crippen molar-refractivity contribution in [2.24, 2.45) is 0 Å². The van der Waals surface area contributed by atoms with E-state index in [9.17, 15) is 32.3 Å². The minimum Gasteiger partial charge on any atom is -0.458 e. The quantitative estimate of drug-likeness (QED) is 0.0265. The number of halogens is 7. The lowest BCUT2D eigenvalue weighted by Gasteiger charge is -2.36. The molecule has 17 heteroatoms. The molecule has 0 saturated carbocycles. The lowest BCUT2D eigenvalue weighted by atomic mass is 9.79. The average molecular weight is 937 g/mol. The van der Waals surface area contributed by atoms with Gasteiger partial charge in [-0.2, -0.15) is 0 Å². The number of rotatable bonds is 15. The zero-order valence-electron chi connectivity index (χ0n) is 37.2.